The minimum absolute atomic E-state index is 0.230. The molecular formula is C11H19NO3. The smallest absolute Gasteiger partial charge is 0.410 e. The number of likely N-dealkylation sites (tertiary alicyclic amines) is 1. The lowest BCUT2D eigenvalue weighted by Gasteiger charge is -2.30. The molecule has 0 atom stereocenters. The third kappa shape index (κ3) is 3.53. The fourth-order valence-corrected chi connectivity index (χ4v) is 1.31. The number of hydrogen-bond acceptors (Lipinski definition) is 3. The zero-order valence-corrected chi connectivity index (χ0v) is 9.71. The van der Waals surface area contributed by atoms with Crippen molar-refractivity contribution in [1.82, 2.24) is 4.90 Å². The number of ether oxygens (including phenoxy) is 1. The van der Waals surface area contributed by atoms with Crippen molar-refractivity contribution in [3.05, 3.63) is 0 Å². The van der Waals surface area contributed by atoms with Crippen molar-refractivity contribution in [3.63, 3.8) is 0 Å². The molecule has 1 aliphatic rings. The summed E-state index contributed by atoms with van der Waals surface area (Å²) in [7, 11) is 0. The van der Waals surface area contributed by atoms with Crippen molar-refractivity contribution in [2.45, 2.75) is 45.6 Å². The summed E-state index contributed by atoms with van der Waals surface area (Å²) in [5, 5.41) is 0. The average molecular weight is 213 g/mol. The lowest BCUT2D eigenvalue weighted by Crippen LogP contribution is -2.42. The number of carbonyl (C=O) groups excluding carboxylic acids is 2. The fourth-order valence-electron chi connectivity index (χ4n) is 1.31. The Hall–Kier alpha value is -1.06. The second-order valence-electron chi connectivity index (χ2n) is 4.51. The highest BCUT2D eigenvalue weighted by molar-refractivity contribution is 5.81. The number of Topliss-reactive ketones (excluding diaryl/α,β-unsaturated/α-hetero) is 1. The van der Waals surface area contributed by atoms with E-state index in [1.54, 1.807) is 4.90 Å². The normalized spacial score (nSPS) is 17.8. The molecule has 1 fully saturated rings. The van der Waals surface area contributed by atoms with E-state index >= 15 is 0 Å². The first kappa shape index (κ1) is 12.0. The Balaban J connectivity index is 2.44. The second-order valence-corrected chi connectivity index (χ2v) is 4.51. The van der Waals surface area contributed by atoms with Gasteiger partial charge in [0.25, 0.3) is 0 Å². The zero-order chi connectivity index (χ0) is 11.5. The van der Waals surface area contributed by atoms with Crippen molar-refractivity contribution in [3.8, 4) is 0 Å². The number of hydrogen-bond donors (Lipinski definition) is 0. The van der Waals surface area contributed by atoms with Crippen LogP contribution in [0.2, 0.25) is 0 Å². The van der Waals surface area contributed by atoms with Crippen molar-refractivity contribution < 1.29 is 14.3 Å². The van der Waals surface area contributed by atoms with Crippen molar-refractivity contribution in [2.75, 3.05) is 13.1 Å². The SMILES string of the molecule is CCC(C)(C)OC(=O)N1CCC(=O)CC1. The highest BCUT2D eigenvalue weighted by Crippen LogP contribution is 2.17. The molecular weight excluding hydrogens is 194 g/mol. The molecule has 0 radical (unpaired) electrons. The van der Waals surface area contributed by atoms with Crippen LogP contribution < -0.4 is 0 Å². The van der Waals surface area contributed by atoms with Crippen LogP contribution in [0, 0.1) is 0 Å². The van der Waals surface area contributed by atoms with Gasteiger partial charge in [0.05, 0.1) is 0 Å². The molecule has 86 valence electrons. The second kappa shape index (κ2) is 4.64. The lowest BCUT2D eigenvalue weighted by atomic mass is 10.1. The molecule has 0 bridgehead atoms. The van der Waals surface area contributed by atoms with Gasteiger partial charge >= 0.3 is 6.09 Å². The summed E-state index contributed by atoms with van der Waals surface area (Å²) in [6.07, 6.45) is 1.41. The standard InChI is InChI=1S/C11H19NO3/c1-4-11(2,3)15-10(14)12-7-5-9(13)6-8-12/h4-8H2,1-3H3. The number of ketones is 1. The highest BCUT2D eigenvalue weighted by atomic mass is 16.6. The molecule has 0 saturated carbocycles. The van der Waals surface area contributed by atoms with E-state index in [4.69, 9.17) is 4.74 Å². The summed E-state index contributed by atoms with van der Waals surface area (Å²) >= 11 is 0. The van der Waals surface area contributed by atoms with E-state index in [0.717, 1.165) is 6.42 Å². The van der Waals surface area contributed by atoms with Crippen molar-refractivity contribution in [1.29, 1.82) is 0 Å². The number of rotatable bonds is 2. The Labute approximate surface area is 90.6 Å². The molecule has 0 aromatic rings. The Morgan fingerprint density at radius 2 is 1.93 bits per heavy atom. The lowest BCUT2D eigenvalue weighted by molar-refractivity contribution is -0.121. The van der Waals surface area contributed by atoms with Gasteiger partial charge < -0.3 is 9.64 Å². The Morgan fingerprint density at radius 3 is 2.40 bits per heavy atom. The number of amides is 1. The van der Waals surface area contributed by atoms with Crippen LogP contribution in [-0.2, 0) is 9.53 Å². The maximum Gasteiger partial charge on any atom is 0.410 e. The van der Waals surface area contributed by atoms with E-state index < -0.39 is 5.60 Å². The molecule has 0 N–H and O–H groups in total. The monoisotopic (exact) mass is 213 g/mol. The number of piperidine rings is 1. The molecule has 1 heterocycles. The Morgan fingerprint density at radius 1 is 1.40 bits per heavy atom. The molecule has 0 aliphatic carbocycles. The first-order chi connectivity index (χ1) is 6.94. The van der Waals surface area contributed by atoms with Gasteiger partial charge in [-0.25, -0.2) is 4.79 Å². The largest absolute Gasteiger partial charge is 0.443 e. The first-order valence-electron chi connectivity index (χ1n) is 5.44. The first-order valence-corrected chi connectivity index (χ1v) is 5.44. The van der Waals surface area contributed by atoms with Gasteiger partial charge in [-0.2, -0.15) is 0 Å². The van der Waals surface area contributed by atoms with E-state index in [-0.39, 0.29) is 11.9 Å². The van der Waals surface area contributed by atoms with Crippen molar-refractivity contribution >= 4 is 11.9 Å². The predicted octanol–water partition coefficient (Wildman–Crippen LogP) is 1.98. The van der Waals surface area contributed by atoms with Crippen LogP contribution in [0.1, 0.15) is 40.0 Å². The molecule has 4 heteroatoms. The van der Waals surface area contributed by atoms with Crippen LogP contribution in [0.25, 0.3) is 0 Å². The quantitative estimate of drug-likeness (QED) is 0.704. The van der Waals surface area contributed by atoms with Crippen LogP contribution in [0.4, 0.5) is 4.79 Å². The predicted molar refractivity (Wildman–Crippen MR) is 56.7 cm³/mol. The van der Waals surface area contributed by atoms with Crippen LogP contribution in [-0.4, -0.2) is 35.5 Å². The Kier molecular flexibility index (Phi) is 3.72. The van der Waals surface area contributed by atoms with Crippen LogP contribution in [0.5, 0.6) is 0 Å². The van der Waals surface area contributed by atoms with Gasteiger partial charge in [-0.3, -0.25) is 4.79 Å². The molecule has 1 rings (SSSR count). The van der Waals surface area contributed by atoms with Gasteiger partial charge in [0.2, 0.25) is 0 Å². The third-order valence-electron chi connectivity index (χ3n) is 2.79. The summed E-state index contributed by atoms with van der Waals surface area (Å²) in [6.45, 7) is 6.75. The van der Waals surface area contributed by atoms with Gasteiger partial charge in [0, 0.05) is 25.9 Å². The Bertz CT molecular complexity index is 251. The maximum atomic E-state index is 11.7. The van der Waals surface area contributed by atoms with Crippen molar-refractivity contribution in [2.24, 2.45) is 0 Å². The summed E-state index contributed by atoms with van der Waals surface area (Å²) in [6, 6.07) is 0. The fraction of sp³-hybridized carbons (Fsp3) is 0.818. The molecule has 15 heavy (non-hydrogen) atoms. The molecule has 1 amide bonds. The van der Waals surface area contributed by atoms with E-state index in [9.17, 15) is 9.59 Å². The summed E-state index contributed by atoms with van der Waals surface area (Å²) in [4.78, 5) is 24.3. The summed E-state index contributed by atoms with van der Waals surface area (Å²) in [5.41, 5.74) is -0.418. The average Bonchev–Trinajstić information content (AvgIpc) is 2.18. The van der Waals surface area contributed by atoms with E-state index in [2.05, 4.69) is 0 Å². The van der Waals surface area contributed by atoms with Crippen LogP contribution in [0.3, 0.4) is 0 Å². The third-order valence-corrected chi connectivity index (χ3v) is 2.79. The minimum Gasteiger partial charge on any atom is -0.443 e. The maximum absolute atomic E-state index is 11.7. The van der Waals surface area contributed by atoms with Crippen LogP contribution in [0.15, 0.2) is 0 Å². The van der Waals surface area contributed by atoms with Gasteiger partial charge in [-0.1, -0.05) is 6.92 Å². The molecule has 0 unspecified atom stereocenters. The van der Waals surface area contributed by atoms with Gasteiger partial charge in [-0.05, 0) is 20.3 Å². The minimum atomic E-state index is -0.418. The van der Waals surface area contributed by atoms with Crippen LogP contribution >= 0.6 is 0 Å². The molecule has 0 spiro atoms. The van der Waals surface area contributed by atoms with Gasteiger partial charge in [-0.15, -0.1) is 0 Å². The molecule has 4 nitrogen and oxygen atoms in total. The molecule has 0 aromatic heterocycles. The van der Waals surface area contributed by atoms with E-state index in [0.29, 0.717) is 25.9 Å². The highest BCUT2D eigenvalue weighted by Gasteiger charge is 2.27. The summed E-state index contributed by atoms with van der Waals surface area (Å²) in [5.74, 6) is 0.230. The molecule has 1 saturated heterocycles. The number of carbonyl (C=O) groups is 2. The topological polar surface area (TPSA) is 46.6 Å². The van der Waals surface area contributed by atoms with Gasteiger partial charge in [0.1, 0.15) is 11.4 Å². The zero-order valence-electron chi connectivity index (χ0n) is 9.71. The van der Waals surface area contributed by atoms with Gasteiger partial charge in [0.15, 0.2) is 0 Å². The number of nitrogens with zero attached hydrogens (tertiary/aromatic N) is 1. The van der Waals surface area contributed by atoms with E-state index in [1.165, 1.54) is 0 Å². The molecule has 1 aliphatic heterocycles. The van der Waals surface area contributed by atoms with E-state index in [1.807, 2.05) is 20.8 Å². The summed E-state index contributed by atoms with van der Waals surface area (Å²) < 4.78 is 5.34. The molecule has 0 aromatic carbocycles.